The summed E-state index contributed by atoms with van der Waals surface area (Å²) in [6.45, 7) is 8.21. The summed E-state index contributed by atoms with van der Waals surface area (Å²) < 4.78 is 0. The summed E-state index contributed by atoms with van der Waals surface area (Å²) in [5.74, 6) is 0. The molecular weight excluding hydrogens is 1410 g/mol. The van der Waals surface area contributed by atoms with E-state index in [4.69, 9.17) is 0 Å². The molecule has 0 radical (unpaired) electrons. The highest BCUT2D eigenvalue weighted by atomic mass is 15.2. The maximum absolute atomic E-state index is 4.10. The van der Waals surface area contributed by atoms with Gasteiger partial charge in [-0.15, -0.1) is 0 Å². The van der Waals surface area contributed by atoms with Crippen LogP contribution in [0.5, 0.6) is 0 Å². The third-order valence-corrected chi connectivity index (χ3v) is 26.6. The third-order valence-electron chi connectivity index (χ3n) is 26.6. The van der Waals surface area contributed by atoms with Crippen LogP contribution in [0.3, 0.4) is 0 Å². The number of fused-ring (bicyclic) bond motifs is 30. The Kier molecular flexibility index (Phi) is 14.5. The van der Waals surface area contributed by atoms with Crippen LogP contribution in [0.1, 0.15) is 77.9 Å². The van der Waals surface area contributed by atoms with Gasteiger partial charge >= 0.3 is 0 Å². The first kappa shape index (κ1) is 66.6. The molecule has 2 heteroatoms. The zero-order chi connectivity index (χ0) is 77.2. The van der Waals surface area contributed by atoms with Crippen LogP contribution in [-0.4, -0.2) is 0 Å². The Bertz CT molecular complexity index is 6710. The quantitative estimate of drug-likeness (QED) is 0.120. The minimum Gasteiger partial charge on any atom is -0.310 e. The molecule has 0 bridgehead atoms. The smallest absolute Gasteiger partial charge is 0.0746 e. The molecule has 18 aromatic rings. The lowest BCUT2D eigenvalue weighted by molar-refractivity contribution is 0.789. The van der Waals surface area contributed by atoms with Gasteiger partial charge in [-0.2, -0.15) is 0 Å². The van der Waals surface area contributed by atoms with E-state index in [9.17, 15) is 0 Å². The van der Waals surface area contributed by atoms with Crippen LogP contribution >= 0.6 is 0 Å². The normalized spacial score (nSPS) is 13.7. The highest BCUT2D eigenvalue weighted by Crippen LogP contribution is 2.70. The average molecular weight is 1480 g/mol. The van der Waals surface area contributed by atoms with Crippen molar-refractivity contribution >= 4 is 46.3 Å². The van der Waals surface area contributed by atoms with Gasteiger partial charge in [0.25, 0.3) is 0 Å². The number of nitrogens with zero attached hydrogens (tertiary/aromatic N) is 2. The number of benzene rings is 18. The van der Waals surface area contributed by atoms with E-state index in [1.807, 2.05) is 12.2 Å². The van der Waals surface area contributed by atoms with E-state index < -0.39 is 16.2 Å². The summed E-state index contributed by atoms with van der Waals surface area (Å²) in [7, 11) is 0. The van der Waals surface area contributed by atoms with Gasteiger partial charge in [-0.1, -0.05) is 353 Å². The average Bonchev–Trinajstić information content (AvgIpc) is 1.51. The van der Waals surface area contributed by atoms with Crippen LogP contribution in [0, 0.1) is 0 Å². The van der Waals surface area contributed by atoms with Gasteiger partial charge in [-0.3, -0.25) is 0 Å². The highest BCUT2D eigenvalue weighted by Gasteiger charge is 2.57. The van der Waals surface area contributed by atoms with Crippen LogP contribution in [0.2, 0.25) is 0 Å². The zero-order valence-electron chi connectivity index (χ0n) is 64.2. The Balaban J connectivity index is 0.738. The van der Waals surface area contributed by atoms with Crippen molar-refractivity contribution in [3.63, 3.8) is 0 Å². The minimum atomic E-state index is -0.791. The van der Waals surface area contributed by atoms with Crippen LogP contribution in [0.15, 0.2) is 426 Å². The van der Waals surface area contributed by atoms with Gasteiger partial charge in [0.2, 0.25) is 0 Å². The van der Waals surface area contributed by atoms with Crippen LogP contribution in [0.25, 0.3) is 123 Å². The molecule has 6 aliphatic rings. The van der Waals surface area contributed by atoms with Gasteiger partial charge in [-0.25, -0.2) is 0 Å². The fraction of sp³-hybridized carbons (Fsp3) is 0.0261. The van der Waals surface area contributed by atoms with E-state index >= 15 is 0 Å². The molecule has 2 nitrogen and oxygen atoms in total. The lowest BCUT2D eigenvalue weighted by Crippen LogP contribution is -2.29. The fourth-order valence-electron chi connectivity index (χ4n) is 21.9. The van der Waals surface area contributed by atoms with E-state index in [1.54, 1.807) is 0 Å². The van der Waals surface area contributed by atoms with Crippen LogP contribution < -0.4 is 9.80 Å². The maximum Gasteiger partial charge on any atom is 0.0746 e. The zero-order valence-corrected chi connectivity index (χ0v) is 64.2. The Morgan fingerprint density at radius 1 is 0.171 bits per heavy atom. The van der Waals surface area contributed by atoms with E-state index in [-0.39, 0.29) is 0 Å². The number of hydrogen-bond donors (Lipinski definition) is 0. The first-order valence-electron chi connectivity index (χ1n) is 40.7. The van der Waals surface area contributed by atoms with E-state index in [1.165, 1.54) is 134 Å². The molecular formula is C115H74N2. The molecule has 544 valence electrons. The third kappa shape index (κ3) is 9.27. The molecule has 3 spiro atoms. The van der Waals surface area contributed by atoms with Crippen LogP contribution in [-0.2, 0) is 16.2 Å². The van der Waals surface area contributed by atoms with Crippen molar-refractivity contribution in [2.24, 2.45) is 0 Å². The van der Waals surface area contributed by atoms with Crippen molar-refractivity contribution in [2.45, 2.75) is 16.2 Å². The molecule has 0 N–H and O–H groups in total. The van der Waals surface area contributed by atoms with Crippen molar-refractivity contribution in [3.8, 4) is 111 Å². The Hall–Kier alpha value is -15.0. The van der Waals surface area contributed by atoms with Crippen molar-refractivity contribution in [3.05, 3.63) is 504 Å². The van der Waals surface area contributed by atoms with Crippen molar-refractivity contribution in [1.29, 1.82) is 0 Å². The van der Waals surface area contributed by atoms with Gasteiger partial charge in [-0.05, 0) is 263 Å². The van der Waals surface area contributed by atoms with Gasteiger partial charge in [0, 0.05) is 33.9 Å². The van der Waals surface area contributed by atoms with Gasteiger partial charge in [0.1, 0.15) is 0 Å². The molecule has 0 heterocycles. The summed E-state index contributed by atoms with van der Waals surface area (Å²) in [6.07, 6.45) is 3.85. The summed E-state index contributed by atoms with van der Waals surface area (Å²) in [5, 5.41) is 0. The maximum atomic E-state index is 4.10. The predicted octanol–water partition coefficient (Wildman–Crippen LogP) is 29.6. The fourth-order valence-corrected chi connectivity index (χ4v) is 21.9. The second kappa shape index (κ2) is 25.5. The minimum absolute atomic E-state index is 0.646. The summed E-state index contributed by atoms with van der Waals surface area (Å²) in [5.41, 5.74) is 46.2. The second-order valence-electron chi connectivity index (χ2n) is 32.1. The summed E-state index contributed by atoms with van der Waals surface area (Å²) >= 11 is 0. The lowest BCUT2D eigenvalue weighted by atomic mass is 9.69. The summed E-state index contributed by atoms with van der Waals surface area (Å²) in [4.78, 5) is 5.22. The first-order chi connectivity index (χ1) is 57.9. The lowest BCUT2D eigenvalue weighted by Gasteiger charge is -2.37. The Morgan fingerprint density at radius 3 is 0.726 bits per heavy atom. The molecule has 0 unspecified atom stereocenters. The standard InChI is InChI=1S/C115H74N2/c1-3-73-27-21-29-77(67-73)81-33-23-31-79(69-81)75-55-59-83(60-56-75)116(109-53-25-43-97-93-41-11-19-51-105(93)114(111(97)109)101-47-15-7-35-87(101)88-36-8-16-48-102(88)114)85-63-65-95-91-39-5-13-45-99(91)113(107(95)71-85)100-46-14-6-40-92(100)96-66-64-86(72-108(96)113)117(84-61-57-76(58-62-84)80-32-24-34-82(70-80)78-30-22-28-74(4-2)68-78)110-54-26-44-98-94-42-12-20-52-106(94)115(112(98)110)103-49-17-9-37-89(103)90-38-10-18-50-104(90)115/h3-72H,1-2H2. The second-order valence-corrected chi connectivity index (χ2v) is 32.1. The highest BCUT2D eigenvalue weighted by molar-refractivity contribution is 6.05. The van der Waals surface area contributed by atoms with Crippen molar-refractivity contribution in [2.75, 3.05) is 9.80 Å². The Labute approximate surface area is 682 Å². The molecule has 6 aliphatic carbocycles. The molecule has 0 aliphatic heterocycles. The molecule has 0 aromatic heterocycles. The monoisotopic (exact) mass is 1480 g/mol. The van der Waals surface area contributed by atoms with Gasteiger partial charge in [0.15, 0.2) is 0 Å². The van der Waals surface area contributed by atoms with E-state index in [0.717, 1.165) is 89.8 Å². The number of anilines is 6. The molecule has 18 aromatic carbocycles. The molecule has 24 rings (SSSR count). The van der Waals surface area contributed by atoms with E-state index in [0.29, 0.717) is 0 Å². The Morgan fingerprint density at radius 2 is 0.410 bits per heavy atom. The van der Waals surface area contributed by atoms with Crippen molar-refractivity contribution < 1.29 is 0 Å². The summed E-state index contributed by atoms with van der Waals surface area (Å²) in [6, 6.07) is 157. The molecule has 0 amide bonds. The van der Waals surface area contributed by atoms with E-state index in [2.05, 4.69) is 435 Å². The predicted molar refractivity (Wildman–Crippen MR) is 487 cm³/mol. The topological polar surface area (TPSA) is 6.48 Å². The van der Waals surface area contributed by atoms with Gasteiger partial charge < -0.3 is 9.80 Å². The number of rotatable bonds is 12. The molecule has 0 atom stereocenters. The molecule has 117 heavy (non-hydrogen) atoms. The van der Waals surface area contributed by atoms with Gasteiger partial charge in [0.05, 0.1) is 27.6 Å². The largest absolute Gasteiger partial charge is 0.310 e. The molecule has 0 fully saturated rings. The first-order valence-corrected chi connectivity index (χ1v) is 40.7. The number of hydrogen-bond acceptors (Lipinski definition) is 2. The van der Waals surface area contributed by atoms with Crippen molar-refractivity contribution in [1.82, 2.24) is 0 Å². The van der Waals surface area contributed by atoms with Crippen LogP contribution in [0.4, 0.5) is 34.1 Å². The SMILES string of the molecule is C=Cc1cccc(-c2cccc(-c3ccc(N(c4ccc5c(c4)C4(c6ccccc6-5)c5ccccc5-c5ccc(N(c6ccc(-c7cccc(-c8cccc(C=C)c8)c7)cc6)c6cccc7c6C6(c8ccccc8-c8ccccc86)c6ccccc6-7)cc54)c4cccc5c4C4(c6ccccc6-c6ccccc64)c4ccccc4-5)cc3)c2)c1. The molecule has 0 saturated heterocycles. The molecule has 0 saturated carbocycles.